The van der Waals surface area contributed by atoms with E-state index < -0.39 is 0 Å². The first-order valence-electron chi connectivity index (χ1n) is 6.93. The van der Waals surface area contributed by atoms with Gasteiger partial charge in [0, 0.05) is 17.8 Å². The van der Waals surface area contributed by atoms with Gasteiger partial charge in [-0.3, -0.25) is 4.79 Å². The number of nitrogens with zero attached hydrogens (tertiary/aromatic N) is 1. The van der Waals surface area contributed by atoms with Crippen molar-refractivity contribution in [2.45, 2.75) is 27.2 Å². The molecule has 21 heavy (non-hydrogen) atoms. The second-order valence-corrected chi connectivity index (χ2v) is 6.23. The molecule has 0 aliphatic carbocycles. The quantitative estimate of drug-likeness (QED) is 0.893. The number of amides is 1. The monoisotopic (exact) mass is 304 g/mol. The van der Waals surface area contributed by atoms with Gasteiger partial charge in [0.25, 0.3) is 5.91 Å². The number of hydrogen-bond donors (Lipinski definition) is 1. The topological polar surface area (TPSA) is 51.2 Å². The lowest BCUT2D eigenvalue weighted by Gasteiger charge is -2.07. The molecule has 1 heterocycles. The predicted octanol–water partition coefficient (Wildman–Crippen LogP) is 2.81. The van der Waals surface area contributed by atoms with Gasteiger partial charge in [0.15, 0.2) is 6.61 Å². The van der Waals surface area contributed by atoms with Crippen molar-refractivity contribution in [1.82, 2.24) is 10.3 Å². The number of thiazole rings is 1. The third kappa shape index (κ3) is 4.86. The zero-order chi connectivity index (χ0) is 15.2. The van der Waals surface area contributed by atoms with Gasteiger partial charge in [0.05, 0.1) is 10.7 Å². The fourth-order valence-electron chi connectivity index (χ4n) is 2.03. The van der Waals surface area contributed by atoms with Crippen LogP contribution < -0.4 is 10.1 Å². The van der Waals surface area contributed by atoms with Gasteiger partial charge in [-0.25, -0.2) is 4.98 Å². The van der Waals surface area contributed by atoms with Crippen LogP contribution in [0.2, 0.25) is 0 Å². The van der Waals surface area contributed by atoms with Gasteiger partial charge in [-0.1, -0.05) is 12.1 Å². The number of carbonyl (C=O) groups excluding carboxylic acids is 1. The highest BCUT2D eigenvalue weighted by atomic mass is 32.1. The maximum atomic E-state index is 11.7. The molecule has 0 unspecified atom stereocenters. The lowest BCUT2D eigenvalue weighted by atomic mass is 10.2. The standard InChI is InChI=1S/C16H20N2O2S/c1-11-5-4-6-14(9-11)20-10-16(19)17-8-7-15-12(2)18-13(3)21-15/h4-6,9H,7-8,10H2,1-3H3,(H,17,19). The Hall–Kier alpha value is -1.88. The van der Waals surface area contributed by atoms with Crippen molar-refractivity contribution in [2.75, 3.05) is 13.2 Å². The second kappa shape index (κ2) is 7.22. The summed E-state index contributed by atoms with van der Waals surface area (Å²) in [6.07, 6.45) is 0.813. The Morgan fingerprint density at radius 1 is 1.33 bits per heavy atom. The van der Waals surface area contributed by atoms with E-state index in [0.717, 1.165) is 28.4 Å². The number of ether oxygens (including phenoxy) is 1. The molecule has 1 N–H and O–H groups in total. The van der Waals surface area contributed by atoms with Crippen molar-refractivity contribution >= 4 is 17.2 Å². The number of carbonyl (C=O) groups is 1. The van der Waals surface area contributed by atoms with Crippen LogP contribution in [0, 0.1) is 20.8 Å². The van der Waals surface area contributed by atoms with Gasteiger partial charge in [-0.2, -0.15) is 0 Å². The SMILES string of the molecule is Cc1cccc(OCC(=O)NCCc2sc(C)nc2C)c1. The highest BCUT2D eigenvalue weighted by molar-refractivity contribution is 7.11. The van der Waals surface area contributed by atoms with Crippen molar-refractivity contribution in [3.63, 3.8) is 0 Å². The Kier molecular flexibility index (Phi) is 5.33. The van der Waals surface area contributed by atoms with Crippen molar-refractivity contribution in [3.8, 4) is 5.75 Å². The van der Waals surface area contributed by atoms with Crippen LogP contribution >= 0.6 is 11.3 Å². The number of rotatable bonds is 6. The minimum atomic E-state index is -0.101. The summed E-state index contributed by atoms with van der Waals surface area (Å²) in [4.78, 5) is 17.3. The predicted molar refractivity (Wildman–Crippen MR) is 85.0 cm³/mol. The van der Waals surface area contributed by atoms with Crippen LogP contribution in [0.15, 0.2) is 24.3 Å². The van der Waals surface area contributed by atoms with Crippen LogP contribution in [0.3, 0.4) is 0 Å². The van der Waals surface area contributed by atoms with E-state index in [-0.39, 0.29) is 12.5 Å². The molecule has 0 radical (unpaired) electrons. The fraction of sp³-hybridized carbons (Fsp3) is 0.375. The molecule has 0 spiro atoms. The van der Waals surface area contributed by atoms with E-state index in [1.165, 1.54) is 4.88 Å². The molecule has 4 nitrogen and oxygen atoms in total. The van der Waals surface area contributed by atoms with Crippen LogP contribution in [0.25, 0.3) is 0 Å². The minimum Gasteiger partial charge on any atom is -0.484 e. The number of nitrogens with one attached hydrogen (secondary N) is 1. The third-order valence-electron chi connectivity index (χ3n) is 3.03. The molecule has 0 atom stereocenters. The number of benzene rings is 1. The van der Waals surface area contributed by atoms with Gasteiger partial charge in [-0.05, 0) is 38.5 Å². The maximum absolute atomic E-state index is 11.7. The molecule has 1 amide bonds. The third-order valence-corrected chi connectivity index (χ3v) is 4.17. The lowest BCUT2D eigenvalue weighted by molar-refractivity contribution is -0.123. The van der Waals surface area contributed by atoms with Crippen molar-refractivity contribution in [1.29, 1.82) is 0 Å². The maximum Gasteiger partial charge on any atom is 0.257 e. The van der Waals surface area contributed by atoms with Gasteiger partial charge >= 0.3 is 0 Å². The lowest BCUT2D eigenvalue weighted by Crippen LogP contribution is -2.30. The molecule has 5 heteroatoms. The highest BCUT2D eigenvalue weighted by Gasteiger charge is 2.06. The van der Waals surface area contributed by atoms with E-state index in [9.17, 15) is 4.79 Å². The zero-order valence-electron chi connectivity index (χ0n) is 12.6. The van der Waals surface area contributed by atoms with Crippen LogP contribution in [0.5, 0.6) is 5.75 Å². The van der Waals surface area contributed by atoms with Crippen LogP contribution in [0.1, 0.15) is 21.1 Å². The van der Waals surface area contributed by atoms with E-state index in [1.54, 1.807) is 11.3 Å². The Balaban J connectivity index is 1.71. The molecular formula is C16H20N2O2S. The van der Waals surface area contributed by atoms with Crippen LogP contribution in [0.4, 0.5) is 0 Å². The first-order chi connectivity index (χ1) is 10.0. The van der Waals surface area contributed by atoms with Gasteiger partial charge in [-0.15, -0.1) is 11.3 Å². The van der Waals surface area contributed by atoms with E-state index in [1.807, 2.05) is 45.0 Å². The molecule has 0 aliphatic heterocycles. The normalized spacial score (nSPS) is 10.4. The summed E-state index contributed by atoms with van der Waals surface area (Å²) in [6, 6.07) is 7.67. The molecule has 0 saturated heterocycles. The van der Waals surface area contributed by atoms with E-state index in [4.69, 9.17) is 4.74 Å². The van der Waals surface area contributed by atoms with E-state index in [0.29, 0.717) is 6.54 Å². The summed E-state index contributed by atoms with van der Waals surface area (Å²) in [5.41, 5.74) is 2.17. The van der Waals surface area contributed by atoms with Gasteiger partial charge in [0.2, 0.25) is 0 Å². The smallest absolute Gasteiger partial charge is 0.257 e. The average molecular weight is 304 g/mol. The summed E-state index contributed by atoms with van der Waals surface area (Å²) >= 11 is 1.68. The molecule has 0 fully saturated rings. The van der Waals surface area contributed by atoms with E-state index >= 15 is 0 Å². The largest absolute Gasteiger partial charge is 0.484 e. The first kappa shape index (κ1) is 15.5. The van der Waals surface area contributed by atoms with Crippen molar-refractivity contribution < 1.29 is 9.53 Å². The first-order valence-corrected chi connectivity index (χ1v) is 7.75. The highest BCUT2D eigenvalue weighted by Crippen LogP contribution is 2.17. The van der Waals surface area contributed by atoms with Gasteiger partial charge < -0.3 is 10.1 Å². The zero-order valence-corrected chi connectivity index (χ0v) is 13.4. The molecule has 2 aromatic rings. The molecule has 1 aromatic heterocycles. The summed E-state index contributed by atoms with van der Waals surface area (Å²) in [7, 11) is 0. The van der Waals surface area contributed by atoms with Crippen molar-refractivity contribution in [2.24, 2.45) is 0 Å². The summed E-state index contributed by atoms with van der Waals surface area (Å²) in [5.74, 6) is 0.620. The Bertz CT molecular complexity index is 622. The Morgan fingerprint density at radius 3 is 2.81 bits per heavy atom. The van der Waals surface area contributed by atoms with Crippen LogP contribution in [-0.2, 0) is 11.2 Å². The molecule has 1 aromatic carbocycles. The molecule has 0 bridgehead atoms. The number of aromatic nitrogens is 1. The second-order valence-electron chi connectivity index (χ2n) is 4.95. The van der Waals surface area contributed by atoms with Crippen molar-refractivity contribution in [3.05, 3.63) is 45.4 Å². The summed E-state index contributed by atoms with van der Waals surface area (Å²) in [5, 5.41) is 3.93. The minimum absolute atomic E-state index is 0.0458. The summed E-state index contributed by atoms with van der Waals surface area (Å²) < 4.78 is 5.46. The fourth-order valence-corrected chi connectivity index (χ4v) is 2.96. The molecule has 2 rings (SSSR count). The number of hydrogen-bond acceptors (Lipinski definition) is 4. The molecule has 112 valence electrons. The molecule has 0 saturated carbocycles. The Labute approximate surface area is 129 Å². The van der Waals surface area contributed by atoms with Gasteiger partial charge in [0.1, 0.15) is 5.75 Å². The molecular weight excluding hydrogens is 284 g/mol. The van der Waals surface area contributed by atoms with Crippen LogP contribution in [-0.4, -0.2) is 24.0 Å². The Morgan fingerprint density at radius 2 is 2.14 bits per heavy atom. The number of aryl methyl sites for hydroxylation is 3. The molecule has 0 aliphatic rings. The summed E-state index contributed by atoms with van der Waals surface area (Å²) in [6.45, 7) is 6.64. The average Bonchev–Trinajstić information content (AvgIpc) is 2.75. The van der Waals surface area contributed by atoms with E-state index in [2.05, 4.69) is 10.3 Å².